The highest BCUT2D eigenvalue weighted by Crippen LogP contribution is 2.12. The molecule has 0 spiro atoms. The second-order valence-corrected chi connectivity index (χ2v) is 3.98. The van der Waals surface area contributed by atoms with E-state index >= 15 is 0 Å². The molecule has 2 rings (SSSR count). The molecule has 6 nitrogen and oxygen atoms in total. The second-order valence-electron chi connectivity index (χ2n) is 3.98. The van der Waals surface area contributed by atoms with Gasteiger partial charge in [0.05, 0.1) is 0 Å². The number of carbonyl (C=O) groups excluding carboxylic acids is 2. The van der Waals surface area contributed by atoms with Crippen molar-refractivity contribution in [2.24, 2.45) is 0 Å². The van der Waals surface area contributed by atoms with Gasteiger partial charge < -0.3 is 9.47 Å². The summed E-state index contributed by atoms with van der Waals surface area (Å²) in [5.74, 6) is -0.576. The van der Waals surface area contributed by atoms with Crippen LogP contribution in [0.1, 0.15) is 25.7 Å². The van der Waals surface area contributed by atoms with Gasteiger partial charge in [-0.05, 0) is 25.7 Å². The number of carbonyl (C=O) groups is 2. The van der Waals surface area contributed by atoms with Crippen molar-refractivity contribution in [2.75, 3.05) is 13.2 Å². The van der Waals surface area contributed by atoms with Gasteiger partial charge in [-0.3, -0.25) is 20.4 Å². The number of hydrogen-bond donors (Lipinski definition) is 2. The maximum atomic E-state index is 11.5. The molecule has 2 aliphatic rings. The SMILES string of the molecule is O=C(NNC(=O)[C@H]1CCCO1)[C@@H]1CCCO1. The highest BCUT2D eigenvalue weighted by Gasteiger charge is 2.26. The zero-order valence-corrected chi connectivity index (χ0v) is 9.03. The van der Waals surface area contributed by atoms with Crippen LogP contribution in [0.5, 0.6) is 0 Å². The van der Waals surface area contributed by atoms with E-state index in [0.29, 0.717) is 26.1 Å². The van der Waals surface area contributed by atoms with Crippen molar-refractivity contribution in [3.63, 3.8) is 0 Å². The molecule has 2 amide bonds. The Balaban J connectivity index is 1.69. The summed E-state index contributed by atoms with van der Waals surface area (Å²) in [6, 6.07) is 0. The van der Waals surface area contributed by atoms with Gasteiger partial charge in [0.15, 0.2) is 0 Å². The van der Waals surface area contributed by atoms with Gasteiger partial charge in [-0.25, -0.2) is 0 Å². The van der Waals surface area contributed by atoms with Crippen LogP contribution in [-0.4, -0.2) is 37.2 Å². The monoisotopic (exact) mass is 228 g/mol. The summed E-state index contributed by atoms with van der Waals surface area (Å²) in [5.41, 5.74) is 4.72. The van der Waals surface area contributed by atoms with E-state index < -0.39 is 12.2 Å². The van der Waals surface area contributed by atoms with Crippen LogP contribution in [0.15, 0.2) is 0 Å². The Kier molecular flexibility index (Phi) is 3.74. The van der Waals surface area contributed by atoms with Crippen LogP contribution in [0.3, 0.4) is 0 Å². The normalized spacial score (nSPS) is 29.0. The second kappa shape index (κ2) is 5.27. The van der Waals surface area contributed by atoms with E-state index in [2.05, 4.69) is 10.9 Å². The van der Waals surface area contributed by atoms with Gasteiger partial charge in [0, 0.05) is 13.2 Å². The van der Waals surface area contributed by atoms with Gasteiger partial charge in [-0.15, -0.1) is 0 Å². The molecule has 0 radical (unpaired) electrons. The van der Waals surface area contributed by atoms with Crippen molar-refractivity contribution in [3.05, 3.63) is 0 Å². The molecular formula is C10H16N2O4. The minimum atomic E-state index is -0.426. The summed E-state index contributed by atoms with van der Waals surface area (Å²) in [6.07, 6.45) is 2.34. The van der Waals surface area contributed by atoms with Crippen LogP contribution < -0.4 is 10.9 Å². The quantitative estimate of drug-likeness (QED) is 0.624. The first-order chi connectivity index (χ1) is 7.77. The predicted molar refractivity (Wildman–Crippen MR) is 54.2 cm³/mol. The van der Waals surface area contributed by atoms with E-state index in [0.717, 1.165) is 12.8 Å². The highest BCUT2D eigenvalue weighted by molar-refractivity contribution is 5.86. The molecule has 2 aliphatic heterocycles. The minimum absolute atomic E-state index is 0.288. The molecule has 0 bridgehead atoms. The Labute approximate surface area is 93.6 Å². The van der Waals surface area contributed by atoms with Crippen LogP contribution in [-0.2, 0) is 19.1 Å². The molecule has 0 aromatic rings. The highest BCUT2D eigenvalue weighted by atomic mass is 16.5. The molecule has 0 aliphatic carbocycles. The first-order valence-corrected chi connectivity index (χ1v) is 5.60. The van der Waals surface area contributed by atoms with Crippen LogP contribution in [0.2, 0.25) is 0 Å². The number of ether oxygens (including phenoxy) is 2. The molecule has 6 heteroatoms. The summed E-state index contributed by atoms with van der Waals surface area (Å²) in [5, 5.41) is 0. The number of hydrazine groups is 1. The zero-order valence-electron chi connectivity index (χ0n) is 9.03. The fraction of sp³-hybridized carbons (Fsp3) is 0.800. The topological polar surface area (TPSA) is 76.7 Å². The summed E-state index contributed by atoms with van der Waals surface area (Å²) >= 11 is 0. The van der Waals surface area contributed by atoms with Crippen LogP contribution in [0, 0.1) is 0 Å². The molecule has 2 heterocycles. The van der Waals surface area contributed by atoms with E-state index in [4.69, 9.17) is 9.47 Å². The van der Waals surface area contributed by atoms with Gasteiger partial charge in [0.1, 0.15) is 12.2 Å². The van der Waals surface area contributed by atoms with Crippen molar-refractivity contribution in [1.29, 1.82) is 0 Å². The van der Waals surface area contributed by atoms with Crippen molar-refractivity contribution >= 4 is 11.8 Å². The first kappa shape index (κ1) is 11.3. The smallest absolute Gasteiger partial charge is 0.267 e. The number of rotatable bonds is 2. The Morgan fingerprint density at radius 1 is 0.875 bits per heavy atom. The molecule has 16 heavy (non-hydrogen) atoms. The van der Waals surface area contributed by atoms with E-state index in [1.54, 1.807) is 0 Å². The lowest BCUT2D eigenvalue weighted by molar-refractivity contribution is -0.138. The summed E-state index contributed by atoms with van der Waals surface area (Å²) < 4.78 is 10.4. The fourth-order valence-corrected chi connectivity index (χ4v) is 1.85. The van der Waals surface area contributed by atoms with Crippen molar-refractivity contribution < 1.29 is 19.1 Å². The standard InChI is InChI=1S/C10H16N2O4/c13-9(7-3-1-5-15-7)11-12-10(14)8-4-2-6-16-8/h7-8H,1-6H2,(H,11,13)(H,12,14)/t7-,8+. The molecule has 0 unspecified atom stereocenters. The third-order valence-corrected chi connectivity index (χ3v) is 2.75. The minimum Gasteiger partial charge on any atom is -0.368 e. The van der Waals surface area contributed by atoms with Crippen LogP contribution >= 0.6 is 0 Å². The summed E-state index contributed by atoms with van der Waals surface area (Å²) in [4.78, 5) is 22.9. The van der Waals surface area contributed by atoms with E-state index in [1.807, 2.05) is 0 Å². The maximum Gasteiger partial charge on any atom is 0.267 e. The van der Waals surface area contributed by atoms with Gasteiger partial charge >= 0.3 is 0 Å². The van der Waals surface area contributed by atoms with Crippen molar-refractivity contribution in [3.8, 4) is 0 Å². The van der Waals surface area contributed by atoms with Crippen LogP contribution in [0.4, 0.5) is 0 Å². The fourth-order valence-electron chi connectivity index (χ4n) is 1.85. The Hall–Kier alpha value is -1.14. The summed E-state index contributed by atoms with van der Waals surface area (Å²) in [7, 11) is 0. The molecule has 2 atom stereocenters. The number of hydrogen-bond acceptors (Lipinski definition) is 4. The van der Waals surface area contributed by atoms with Crippen LogP contribution in [0.25, 0.3) is 0 Å². The van der Waals surface area contributed by atoms with E-state index in [-0.39, 0.29) is 11.8 Å². The zero-order chi connectivity index (χ0) is 11.4. The summed E-state index contributed by atoms with van der Waals surface area (Å²) in [6.45, 7) is 1.22. The number of amides is 2. The van der Waals surface area contributed by atoms with Crippen molar-refractivity contribution in [1.82, 2.24) is 10.9 Å². The number of nitrogens with one attached hydrogen (secondary N) is 2. The lowest BCUT2D eigenvalue weighted by Crippen LogP contribution is -2.49. The molecule has 2 saturated heterocycles. The molecular weight excluding hydrogens is 212 g/mol. The average molecular weight is 228 g/mol. The Bertz CT molecular complexity index is 242. The third-order valence-electron chi connectivity index (χ3n) is 2.75. The third kappa shape index (κ3) is 2.70. The maximum absolute atomic E-state index is 11.5. The molecule has 0 aromatic carbocycles. The van der Waals surface area contributed by atoms with E-state index in [1.165, 1.54) is 0 Å². The Morgan fingerprint density at radius 2 is 1.31 bits per heavy atom. The molecule has 2 N–H and O–H groups in total. The van der Waals surface area contributed by atoms with Gasteiger partial charge in [0.2, 0.25) is 0 Å². The molecule has 90 valence electrons. The molecule has 0 aromatic heterocycles. The molecule has 0 saturated carbocycles. The lowest BCUT2D eigenvalue weighted by Gasteiger charge is -2.13. The average Bonchev–Trinajstić information content (AvgIpc) is 2.95. The van der Waals surface area contributed by atoms with E-state index in [9.17, 15) is 9.59 Å². The van der Waals surface area contributed by atoms with Crippen molar-refractivity contribution in [2.45, 2.75) is 37.9 Å². The largest absolute Gasteiger partial charge is 0.368 e. The first-order valence-electron chi connectivity index (χ1n) is 5.60. The molecule has 2 fully saturated rings. The van der Waals surface area contributed by atoms with Gasteiger partial charge in [0.25, 0.3) is 11.8 Å². The Morgan fingerprint density at radius 3 is 1.62 bits per heavy atom. The van der Waals surface area contributed by atoms with Gasteiger partial charge in [-0.1, -0.05) is 0 Å². The lowest BCUT2D eigenvalue weighted by atomic mass is 10.2. The predicted octanol–water partition coefficient (Wildman–Crippen LogP) is -0.508. The van der Waals surface area contributed by atoms with Gasteiger partial charge in [-0.2, -0.15) is 0 Å².